The van der Waals surface area contributed by atoms with Crippen LogP contribution in [0.1, 0.15) is 0 Å². The molecule has 1 aromatic heterocycles. The number of epoxide rings is 1. The molecule has 1 atom stereocenters. The van der Waals surface area contributed by atoms with Gasteiger partial charge in [0.25, 0.3) is 0 Å². The van der Waals surface area contributed by atoms with Gasteiger partial charge in [-0.1, -0.05) is 12.0 Å². The van der Waals surface area contributed by atoms with Gasteiger partial charge < -0.3 is 19.5 Å². The van der Waals surface area contributed by atoms with E-state index >= 15 is 0 Å². The SMILES string of the molecule is C#CCOc1nc(Nc2cccc(OCC3CO3)c2)ncc1Br. The third kappa shape index (κ3) is 4.58. The summed E-state index contributed by atoms with van der Waals surface area (Å²) in [5.41, 5.74) is 0.810. The van der Waals surface area contributed by atoms with Gasteiger partial charge in [0.05, 0.1) is 17.3 Å². The topological polar surface area (TPSA) is 68.8 Å². The minimum atomic E-state index is 0.140. The average molecular weight is 376 g/mol. The van der Waals surface area contributed by atoms with E-state index in [0.29, 0.717) is 22.9 Å². The Morgan fingerprint density at radius 1 is 1.43 bits per heavy atom. The molecule has 23 heavy (non-hydrogen) atoms. The van der Waals surface area contributed by atoms with Crippen LogP contribution in [-0.4, -0.2) is 35.9 Å². The molecule has 118 valence electrons. The zero-order chi connectivity index (χ0) is 16.1. The molecular weight excluding hydrogens is 362 g/mol. The Kier molecular flexibility index (Phi) is 4.95. The zero-order valence-corrected chi connectivity index (χ0v) is 13.7. The van der Waals surface area contributed by atoms with Crippen molar-refractivity contribution in [3.63, 3.8) is 0 Å². The highest BCUT2D eigenvalue weighted by molar-refractivity contribution is 9.10. The van der Waals surface area contributed by atoms with E-state index in [1.807, 2.05) is 24.3 Å². The van der Waals surface area contributed by atoms with Gasteiger partial charge in [0, 0.05) is 11.8 Å². The van der Waals surface area contributed by atoms with Gasteiger partial charge in [-0.15, -0.1) is 6.42 Å². The molecule has 1 aliphatic rings. The lowest BCUT2D eigenvalue weighted by molar-refractivity contribution is 0.263. The maximum absolute atomic E-state index is 5.64. The Morgan fingerprint density at radius 3 is 3.09 bits per heavy atom. The fourth-order valence-electron chi connectivity index (χ4n) is 1.77. The minimum absolute atomic E-state index is 0.140. The Bertz CT molecular complexity index is 729. The first kappa shape index (κ1) is 15.6. The highest BCUT2D eigenvalue weighted by Crippen LogP contribution is 2.25. The lowest BCUT2D eigenvalue weighted by Crippen LogP contribution is -2.05. The van der Waals surface area contributed by atoms with Gasteiger partial charge in [-0.25, -0.2) is 4.98 Å². The van der Waals surface area contributed by atoms with E-state index in [-0.39, 0.29) is 12.7 Å². The van der Waals surface area contributed by atoms with Crippen LogP contribution >= 0.6 is 15.9 Å². The second-order valence-corrected chi connectivity index (χ2v) is 5.61. The van der Waals surface area contributed by atoms with E-state index in [4.69, 9.17) is 20.6 Å². The number of terminal acetylenes is 1. The summed E-state index contributed by atoms with van der Waals surface area (Å²) in [4.78, 5) is 8.47. The van der Waals surface area contributed by atoms with Crippen molar-refractivity contribution in [2.45, 2.75) is 6.10 Å². The first-order chi connectivity index (χ1) is 11.2. The lowest BCUT2D eigenvalue weighted by Gasteiger charge is -2.10. The molecule has 7 heteroatoms. The summed E-state index contributed by atoms with van der Waals surface area (Å²) >= 11 is 3.32. The molecule has 0 amide bonds. The number of ether oxygens (including phenoxy) is 3. The fourth-order valence-corrected chi connectivity index (χ4v) is 2.07. The summed E-state index contributed by atoms with van der Waals surface area (Å²) in [6, 6.07) is 7.54. The molecule has 1 fully saturated rings. The van der Waals surface area contributed by atoms with Crippen molar-refractivity contribution in [2.24, 2.45) is 0 Å². The maximum Gasteiger partial charge on any atom is 0.233 e. The lowest BCUT2D eigenvalue weighted by atomic mass is 10.3. The van der Waals surface area contributed by atoms with Crippen molar-refractivity contribution in [3.8, 4) is 24.0 Å². The van der Waals surface area contributed by atoms with Crippen LogP contribution in [0.3, 0.4) is 0 Å². The van der Waals surface area contributed by atoms with Crippen molar-refractivity contribution in [1.29, 1.82) is 0 Å². The monoisotopic (exact) mass is 375 g/mol. The largest absolute Gasteiger partial charge is 0.491 e. The van der Waals surface area contributed by atoms with Gasteiger partial charge in [0.2, 0.25) is 11.8 Å². The second kappa shape index (κ2) is 7.31. The molecule has 2 heterocycles. The van der Waals surface area contributed by atoms with Crippen LogP contribution in [0.25, 0.3) is 0 Å². The molecule has 3 rings (SSSR count). The third-order valence-electron chi connectivity index (χ3n) is 2.93. The molecule has 1 unspecified atom stereocenters. The van der Waals surface area contributed by atoms with Gasteiger partial charge in [-0.2, -0.15) is 4.98 Å². The van der Waals surface area contributed by atoms with E-state index in [2.05, 4.69) is 37.1 Å². The molecule has 1 saturated heterocycles. The van der Waals surface area contributed by atoms with Crippen LogP contribution in [0.5, 0.6) is 11.6 Å². The number of nitrogens with one attached hydrogen (secondary N) is 1. The van der Waals surface area contributed by atoms with E-state index in [0.717, 1.165) is 18.0 Å². The molecule has 0 radical (unpaired) electrons. The van der Waals surface area contributed by atoms with Crippen LogP contribution in [-0.2, 0) is 4.74 Å². The highest BCUT2D eigenvalue weighted by Gasteiger charge is 2.23. The van der Waals surface area contributed by atoms with Crippen LogP contribution in [0.2, 0.25) is 0 Å². The van der Waals surface area contributed by atoms with E-state index in [1.54, 1.807) is 6.20 Å². The number of nitrogens with zero attached hydrogens (tertiary/aromatic N) is 2. The quantitative estimate of drug-likeness (QED) is 0.592. The number of rotatable bonds is 7. The van der Waals surface area contributed by atoms with Gasteiger partial charge >= 0.3 is 0 Å². The Hall–Kier alpha value is -2.30. The molecular formula is C16H14BrN3O3. The molecule has 6 nitrogen and oxygen atoms in total. The summed E-state index contributed by atoms with van der Waals surface area (Å²) in [7, 11) is 0. The predicted molar refractivity (Wildman–Crippen MR) is 89.0 cm³/mol. The number of aromatic nitrogens is 2. The summed E-state index contributed by atoms with van der Waals surface area (Å²) in [5.74, 6) is 3.95. The normalized spacial score (nSPS) is 15.6. The molecule has 0 bridgehead atoms. The van der Waals surface area contributed by atoms with Crippen molar-refractivity contribution < 1.29 is 14.2 Å². The van der Waals surface area contributed by atoms with Crippen LogP contribution in [0, 0.1) is 12.3 Å². The fraction of sp³-hybridized carbons (Fsp3) is 0.250. The standard InChI is InChI=1S/C16H14BrN3O3/c1-2-6-21-15-14(17)8-18-16(20-15)19-11-4-3-5-12(7-11)22-9-13-10-23-13/h1,3-5,7-8,13H,6,9-10H2,(H,18,19,20). The van der Waals surface area contributed by atoms with Crippen molar-refractivity contribution in [2.75, 3.05) is 25.1 Å². The summed E-state index contributed by atoms with van der Waals surface area (Å²) < 4.78 is 16.7. The van der Waals surface area contributed by atoms with Gasteiger partial charge in [0.1, 0.15) is 18.5 Å². The third-order valence-corrected chi connectivity index (χ3v) is 3.48. The van der Waals surface area contributed by atoms with Crippen LogP contribution in [0.4, 0.5) is 11.6 Å². The molecule has 2 aromatic rings. The molecule has 0 saturated carbocycles. The molecule has 1 aromatic carbocycles. The number of hydrogen-bond donors (Lipinski definition) is 1. The second-order valence-electron chi connectivity index (χ2n) is 4.76. The highest BCUT2D eigenvalue weighted by atomic mass is 79.9. The van der Waals surface area contributed by atoms with E-state index in [9.17, 15) is 0 Å². The van der Waals surface area contributed by atoms with Gasteiger partial charge in [-0.05, 0) is 28.1 Å². The average Bonchev–Trinajstić information content (AvgIpc) is 3.38. The summed E-state index contributed by atoms with van der Waals surface area (Å²) in [5, 5.41) is 3.11. The van der Waals surface area contributed by atoms with E-state index < -0.39 is 0 Å². The maximum atomic E-state index is 5.64. The first-order valence-corrected chi connectivity index (χ1v) is 7.74. The first-order valence-electron chi connectivity index (χ1n) is 6.95. The Labute approximate surface area is 142 Å². The summed E-state index contributed by atoms with van der Waals surface area (Å²) in [6.07, 6.45) is 7.01. The number of hydrogen-bond acceptors (Lipinski definition) is 6. The molecule has 0 aliphatic carbocycles. The van der Waals surface area contributed by atoms with Crippen molar-refractivity contribution in [1.82, 2.24) is 9.97 Å². The molecule has 1 N–H and O–H groups in total. The van der Waals surface area contributed by atoms with Crippen LogP contribution < -0.4 is 14.8 Å². The Balaban J connectivity index is 1.68. The number of halogens is 1. The zero-order valence-electron chi connectivity index (χ0n) is 12.2. The molecule has 1 aliphatic heterocycles. The number of anilines is 2. The minimum Gasteiger partial charge on any atom is -0.491 e. The smallest absolute Gasteiger partial charge is 0.233 e. The van der Waals surface area contributed by atoms with Crippen molar-refractivity contribution in [3.05, 3.63) is 34.9 Å². The van der Waals surface area contributed by atoms with Gasteiger partial charge in [-0.3, -0.25) is 0 Å². The van der Waals surface area contributed by atoms with Gasteiger partial charge in [0.15, 0.2) is 6.61 Å². The van der Waals surface area contributed by atoms with E-state index in [1.165, 1.54) is 0 Å². The molecule has 0 spiro atoms. The Morgan fingerprint density at radius 2 is 2.30 bits per heavy atom. The number of benzene rings is 1. The van der Waals surface area contributed by atoms with Crippen LogP contribution in [0.15, 0.2) is 34.9 Å². The predicted octanol–water partition coefficient (Wildman–Crippen LogP) is 2.77. The van der Waals surface area contributed by atoms with Crippen molar-refractivity contribution >= 4 is 27.6 Å². The summed E-state index contributed by atoms with van der Waals surface area (Å²) in [6.45, 7) is 1.47.